The smallest absolute Gasteiger partial charge is 0.244 e. The van der Waals surface area contributed by atoms with Gasteiger partial charge in [0.25, 0.3) is 0 Å². The highest BCUT2D eigenvalue weighted by atomic mass is 79.9. The monoisotopic (exact) mass is 599 g/mol. The zero-order valence-electron chi connectivity index (χ0n) is 21.9. The molecule has 3 rings (SSSR count). The molecule has 0 aromatic heterocycles. The maximum absolute atomic E-state index is 14.0. The van der Waals surface area contributed by atoms with Gasteiger partial charge in [-0.2, -0.15) is 0 Å². The van der Waals surface area contributed by atoms with Crippen molar-refractivity contribution in [2.45, 2.75) is 39.3 Å². The van der Waals surface area contributed by atoms with Crippen LogP contribution < -0.4 is 9.62 Å². The normalized spacial score (nSPS) is 12.0. The summed E-state index contributed by atoms with van der Waals surface area (Å²) in [5.74, 6) is -0.739. The molecule has 2 amide bonds. The molecule has 7 nitrogen and oxygen atoms in total. The summed E-state index contributed by atoms with van der Waals surface area (Å²) in [7, 11) is -3.80. The SMILES string of the molecule is CCCNC(=O)C(Cc1ccccc1)N(Cc1ccccc1C)C(=O)CN(c1cccc(Br)c1)S(C)(=O)=O. The molecule has 202 valence electrons. The van der Waals surface area contributed by atoms with Crippen molar-refractivity contribution in [2.24, 2.45) is 0 Å². The molecule has 0 saturated heterocycles. The van der Waals surface area contributed by atoms with Gasteiger partial charge < -0.3 is 10.2 Å². The average molecular weight is 601 g/mol. The third kappa shape index (κ3) is 8.16. The van der Waals surface area contributed by atoms with E-state index in [1.165, 1.54) is 4.90 Å². The molecule has 38 heavy (non-hydrogen) atoms. The second-order valence-corrected chi connectivity index (χ2v) is 12.0. The van der Waals surface area contributed by atoms with Gasteiger partial charge in [0.2, 0.25) is 21.8 Å². The highest BCUT2D eigenvalue weighted by Gasteiger charge is 2.33. The molecule has 0 heterocycles. The largest absolute Gasteiger partial charge is 0.354 e. The number of benzene rings is 3. The van der Waals surface area contributed by atoms with E-state index in [0.29, 0.717) is 23.1 Å². The van der Waals surface area contributed by atoms with Crippen LogP contribution in [0.3, 0.4) is 0 Å². The molecule has 0 bridgehead atoms. The van der Waals surface area contributed by atoms with Crippen molar-refractivity contribution in [1.29, 1.82) is 0 Å². The maximum Gasteiger partial charge on any atom is 0.244 e. The molecular formula is C29H34BrN3O4S. The fourth-order valence-corrected chi connectivity index (χ4v) is 5.36. The third-order valence-corrected chi connectivity index (χ3v) is 7.83. The van der Waals surface area contributed by atoms with Crippen LogP contribution in [0.5, 0.6) is 0 Å². The molecule has 0 spiro atoms. The number of aryl methyl sites for hydroxylation is 1. The predicted molar refractivity (Wildman–Crippen MR) is 155 cm³/mol. The van der Waals surface area contributed by atoms with Gasteiger partial charge in [-0.25, -0.2) is 8.42 Å². The number of anilines is 1. The Bertz CT molecular complexity index is 1350. The number of carbonyl (C=O) groups excluding carboxylic acids is 2. The summed E-state index contributed by atoms with van der Waals surface area (Å²) in [6, 6.07) is 23.1. The van der Waals surface area contributed by atoms with Gasteiger partial charge in [-0.05, 0) is 48.2 Å². The zero-order valence-corrected chi connectivity index (χ0v) is 24.3. The number of hydrogen-bond acceptors (Lipinski definition) is 4. The highest BCUT2D eigenvalue weighted by Crippen LogP contribution is 2.24. The van der Waals surface area contributed by atoms with Crippen LogP contribution in [0.4, 0.5) is 5.69 Å². The lowest BCUT2D eigenvalue weighted by atomic mass is 10.0. The molecule has 0 fully saturated rings. The Labute approximate surface area is 234 Å². The van der Waals surface area contributed by atoms with E-state index in [1.807, 2.05) is 68.4 Å². The highest BCUT2D eigenvalue weighted by molar-refractivity contribution is 9.10. The summed E-state index contributed by atoms with van der Waals surface area (Å²) in [6.45, 7) is 4.12. The van der Waals surface area contributed by atoms with Crippen LogP contribution in [0.1, 0.15) is 30.0 Å². The first-order chi connectivity index (χ1) is 18.1. The van der Waals surface area contributed by atoms with Crippen molar-refractivity contribution in [2.75, 3.05) is 23.7 Å². The Kier molecular flexibility index (Phi) is 10.5. The van der Waals surface area contributed by atoms with Crippen molar-refractivity contribution in [3.05, 3.63) is 100 Å². The van der Waals surface area contributed by atoms with Crippen LogP contribution in [-0.4, -0.2) is 50.5 Å². The van der Waals surface area contributed by atoms with Gasteiger partial charge in [-0.3, -0.25) is 13.9 Å². The minimum Gasteiger partial charge on any atom is -0.354 e. The van der Waals surface area contributed by atoms with E-state index in [2.05, 4.69) is 21.2 Å². The molecule has 1 N–H and O–H groups in total. The summed E-state index contributed by atoms with van der Waals surface area (Å²) in [5, 5.41) is 2.94. The third-order valence-electron chi connectivity index (χ3n) is 6.20. The lowest BCUT2D eigenvalue weighted by Gasteiger charge is -2.34. The quantitative estimate of drug-likeness (QED) is 0.327. The van der Waals surface area contributed by atoms with Crippen LogP contribution in [0.2, 0.25) is 0 Å². The Hall–Kier alpha value is -3.17. The molecule has 3 aromatic rings. The van der Waals surface area contributed by atoms with E-state index >= 15 is 0 Å². The van der Waals surface area contributed by atoms with Gasteiger partial charge in [-0.1, -0.05) is 83.5 Å². The van der Waals surface area contributed by atoms with Crippen LogP contribution in [-0.2, 0) is 32.6 Å². The number of nitrogens with zero attached hydrogens (tertiary/aromatic N) is 2. The summed E-state index contributed by atoms with van der Waals surface area (Å²) in [4.78, 5) is 29.0. The molecule has 3 aromatic carbocycles. The number of hydrogen-bond donors (Lipinski definition) is 1. The molecule has 0 aliphatic heterocycles. The Morgan fingerprint density at radius 2 is 1.66 bits per heavy atom. The van der Waals surface area contributed by atoms with Crippen LogP contribution in [0.15, 0.2) is 83.3 Å². The second kappa shape index (κ2) is 13.6. The minimum absolute atomic E-state index is 0.165. The van der Waals surface area contributed by atoms with Gasteiger partial charge in [-0.15, -0.1) is 0 Å². The number of amides is 2. The van der Waals surface area contributed by atoms with Crippen molar-refractivity contribution >= 4 is 43.5 Å². The maximum atomic E-state index is 14.0. The molecular weight excluding hydrogens is 566 g/mol. The van der Waals surface area contributed by atoms with Crippen LogP contribution in [0, 0.1) is 6.92 Å². The molecule has 9 heteroatoms. The molecule has 1 atom stereocenters. The van der Waals surface area contributed by atoms with Crippen molar-refractivity contribution < 1.29 is 18.0 Å². The Balaban J connectivity index is 2.05. The van der Waals surface area contributed by atoms with Crippen molar-refractivity contribution in [3.8, 4) is 0 Å². The van der Waals surface area contributed by atoms with E-state index in [9.17, 15) is 18.0 Å². The van der Waals surface area contributed by atoms with Crippen LogP contribution >= 0.6 is 15.9 Å². The standard InChI is InChI=1S/C29H34BrN3O4S/c1-4-17-31-29(35)27(18-23-12-6-5-7-13-23)32(20-24-14-9-8-11-22(24)2)28(34)21-33(38(3,36)37)26-16-10-15-25(30)19-26/h5-16,19,27H,4,17-18,20-21H2,1-3H3,(H,31,35). The lowest BCUT2D eigenvalue weighted by Crippen LogP contribution is -2.53. The number of nitrogens with one attached hydrogen (secondary N) is 1. The first kappa shape index (κ1) is 29.4. The van der Waals surface area contributed by atoms with E-state index in [-0.39, 0.29) is 12.5 Å². The number of rotatable bonds is 12. The van der Waals surface area contributed by atoms with Gasteiger partial charge in [0.05, 0.1) is 11.9 Å². The summed E-state index contributed by atoms with van der Waals surface area (Å²) in [6.07, 6.45) is 2.12. The van der Waals surface area contributed by atoms with Crippen molar-refractivity contribution in [1.82, 2.24) is 10.2 Å². The molecule has 0 radical (unpaired) electrons. The van der Waals surface area contributed by atoms with Crippen LogP contribution in [0.25, 0.3) is 0 Å². The van der Waals surface area contributed by atoms with E-state index in [1.54, 1.807) is 24.3 Å². The Morgan fingerprint density at radius 3 is 2.29 bits per heavy atom. The first-order valence-electron chi connectivity index (χ1n) is 12.5. The fourth-order valence-electron chi connectivity index (χ4n) is 4.14. The van der Waals surface area contributed by atoms with E-state index in [0.717, 1.165) is 33.7 Å². The fraction of sp³-hybridized carbons (Fsp3) is 0.310. The topological polar surface area (TPSA) is 86.8 Å². The van der Waals surface area contributed by atoms with Gasteiger partial charge in [0, 0.05) is 24.0 Å². The van der Waals surface area contributed by atoms with E-state index in [4.69, 9.17) is 0 Å². The minimum atomic E-state index is -3.80. The Morgan fingerprint density at radius 1 is 0.974 bits per heavy atom. The van der Waals surface area contributed by atoms with E-state index < -0.39 is 28.5 Å². The molecule has 0 aliphatic carbocycles. The summed E-state index contributed by atoms with van der Waals surface area (Å²) >= 11 is 3.38. The number of carbonyl (C=O) groups is 2. The molecule has 1 unspecified atom stereocenters. The molecule has 0 aliphatic rings. The molecule has 0 saturated carbocycles. The number of halogens is 1. The van der Waals surface area contributed by atoms with Crippen molar-refractivity contribution in [3.63, 3.8) is 0 Å². The van der Waals surface area contributed by atoms with Gasteiger partial charge in [0.1, 0.15) is 12.6 Å². The second-order valence-electron chi connectivity index (χ2n) is 9.19. The summed E-state index contributed by atoms with van der Waals surface area (Å²) in [5.41, 5.74) is 3.13. The predicted octanol–water partition coefficient (Wildman–Crippen LogP) is 4.69. The first-order valence-corrected chi connectivity index (χ1v) is 15.1. The number of sulfonamides is 1. The summed E-state index contributed by atoms with van der Waals surface area (Å²) < 4.78 is 27.4. The zero-order chi connectivity index (χ0) is 27.7. The lowest BCUT2D eigenvalue weighted by molar-refractivity contribution is -0.140. The van der Waals surface area contributed by atoms with Gasteiger partial charge >= 0.3 is 0 Å². The average Bonchev–Trinajstić information content (AvgIpc) is 2.88. The van der Waals surface area contributed by atoms with Gasteiger partial charge in [0.15, 0.2) is 0 Å².